The van der Waals surface area contributed by atoms with Crippen LogP contribution in [0.1, 0.15) is 27.1 Å². The molecule has 2 rings (SSSR count). The number of rotatable bonds is 4. The van der Waals surface area contributed by atoms with Gasteiger partial charge in [-0.05, 0) is 55.3 Å². The van der Waals surface area contributed by atoms with Gasteiger partial charge in [-0.3, -0.25) is 0 Å². The second-order valence-electron chi connectivity index (χ2n) is 5.02. The average molecular weight is 260 g/mol. The van der Waals surface area contributed by atoms with Crippen LogP contribution >= 0.6 is 11.3 Å². The molecule has 0 aliphatic carbocycles. The maximum atomic E-state index is 10.2. The van der Waals surface area contributed by atoms with Crippen molar-refractivity contribution in [3.05, 3.63) is 56.8 Å². The van der Waals surface area contributed by atoms with Gasteiger partial charge in [0.2, 0.25) is 0 Å². The van der Waals surface area contributed by atoms with E-state index in [1.807, 2.05) is 6.07 Å². The van der Waals surface area contributed by atoms with E-state index in [0.29, 0.717) is 0 Å². The van der Waals surface area contributed by atoms with E-state index in [2.05, 4.69) is 44.4 Å². The van der Waals surface area contributed by atoms with Gasteiger partial charge in [0.15, 0.2) is 0 Å². The molecule has 2 heteroatoms. The molecule has 1 unspecified atom stereocenters. The van der Waals surface area contributed by atoms with Crippen LogP contribution in [0.4, 0.5) is 0 Å². The van der Waals surface area contributed by atoms with E-state index in [9.17, 15) is 5.11 Å². The van der Waals surface area contributed by atoms with Crippen LogP contribution in [-0.4, -0.2) is 11.2 Å². The number of aryl methyl sites for hydroxylation is 3. The molecule has 1 nitrogen and oxygen atoms in total. The van der Waals surface area contributed by atoms with E-state index in [4.69, 9.17) is 0 Å². The van der Waals surface area contributed by atoms with Crippen LogP contribution in [0.25, 0.3) is 0 Å². The molecular weight excluding hydrogens is 240 g/mol. The van der Waals surface area contributed by atoms with Gasteiger partial charge in [-0.25, -0.2) is 0 Å². The molecule has 2 aromatic rings. The maximum absolute atomic E-state index is 10.2. The first-order valence-electron chi connectivity index (χ1n) is 6.33. The smallest absolute Gasteiger partial charge is 0.0628 e. The molecule has 1 atom stereocenters. The third kappa shape index (κ3) is 3.21. The topological polar surface area (TPSA) is 20.2 Å². The van der Waals surface area contributed by atoms with Crippen LogP contribution in [0.15, 0.2) is 29.6 Å². The molecular formula is C16H20OS. The van der Waals surface area contributed by atoms with Crippen LogP contribution in [0.5, 0.6) is 0 Å². The van der Waals surface area contributed by atoms with Gasteiger partial charge in [0.25, 0.3) is 0 Å². The Morgan fingerprint density at radius 1 is 1.11 bits per heavy atom. The first kappa shape index (κ1) is 13.3. The predicted octanol–water partition coefficient (Wildman–Crippen LogP) is 3.82. The summed E-state index contributed by atoms with van der Waals surface area (Å²) in [6, 6.07) is 8.51. The number of aliphatic hydroxyl groups excluding tert-OH is 1. The highest BCUT2D eigenvalue weighted by Crippen LogP contribution is 2.20. The fourth-order valence-electron chi connectivity index (χ4n) is 2.50. The van der Waals surface area contributed by atoms with Crippen LogP contribution in [0.2, 0.25) is 0 Å². The van der Waals surface area contributed by atoms with Crippen molar-refractivity contribution >= 4 is 11.3 Å². The Kier molecular flexibility index (Phi) is 4.20. The van der Waals surface area contributed by atoms with Crippen molar-refractivity contribution in [1.29, 1.82) is 0 Å². The molecule has 18 heavy (non-hydrogen) atoms. The third-order valence-electron chi connectivity index (χ3n) is 3.30. The molecule has 0 saturated carbocycles. The Morgan fingerprint density at radius 3 is 2.33 bits per heavy atom. The summed E-state index contributed by atoms with van der Waals surface area (Å²) in [5, 5.41) is 12.3. The molecule has 1 N–H and O–H groups in total. The first-order valence-corrected chi connectivity index (χ1v) is 7.21. The van der Waals surface area contributed by atoms with Gasteiger partial charge >= 0.3 is 0 Å². The van der Waals surface area contributed by atoms with Gasteiger partial charge in [0.05, 0.1) is 6.10 Å². The van der Waals surface area contributed by atoms with Crippen LogP contribution < -0.4 is 0 Å². The predicted molar refractivity (Wildman–Crippen MR) is 78.4 cm³/mol. The highest BCUT2D eigenvalue weighted by Gasteiger charge is 2.11. The third-order valence-corrected chi connectivity index (χ3v) is 4.20. The molecule has 1 aromatic heterocycles. The van der Waals surface area contributed by atoms with Crippen molar-refractivity contribution in [3.63, 3.8) is 0 Å². The Morgan fingerprint density at radius 2 is 1.78 bits per heavy atom. The largest absolute Gasteiger partial charge is 0.392 e. The summed E-state index contributed by atoms with van der Waals surface area (Å²) in [6.07, 6.45) is 1.21. The van der Waals surface area contributed by atoms with Crippen molar-refractivity contribution in [3.8, 4) is 0 Å². The van der Waals surface area contributed by atoms with Crippen molar-refractivity contribution in [2.75, 3.05) is 0 Å². The fraction of sp³-hybridized carbons (Fsp3) is 0.375. The van der Waals surface area contributed by atoms with Crippen molar-refractivity contribution in [1.82, 2.24) is 0 Å². The lowest BCUT2D eigenvalue weighted by Gasteiger charge is -2.15. The van der Waals surface area contributed by atoms with E-state index in [-0.39, 0.29) is 6.10 Å². The summed E-state index contributed by atoms with van der Waals surface area (Å²) in [6.45, 7) is 6.38. The van der Waals surface area contributed by atoms with Crippen molar-refractivity contribution in [2.45, 2.75) is 39.7 Å². The quantitative estimate of drug-likeness (QED) is 0.886. The number of benzene rings is 1. The zero-order valence-electron chi connectivity index (χ0n) is 11.2. The van der Waals surface area contributed by atoms with Crippen LogP contribution in [0.3, 0.4) is 0 Å². The molecule has 96 valence electrons. The van der Waals surface area contributed by atoms with Gasteiger partial charge in [-0.2, -0.15) is 0 Å². The lowest BCUT2D eigenvalue weighted by molar-refractivity contribution is 0.176. The number of hydrogen-bond donors (Lipinski definition) is 1. The zero-order valence-corrected chi connectivity index (χ0v) is 12.1. The maximum Gasteiger partial charge on any atom is 0.0628 e. The molecule has 0 saturated heterocycles. The van der Waals surface area contributed by atoms with Gasteiger partial charge in [0, 0.05) is 11.3 Å². The Hall–Kier alpha value is -1.12. The normalized spacial score (nSPS) is 12.7. The Labute approximate surface area is 113 Å². The Balaban J connectivity index is 2.09. The highest BCUT2D eigenvalue weighted by atomic mass is 32.1. The molecule has 0 fully saturated rings. The van der Waals surface area contributed by atoms with E-state index >= 15 is 0 Å². The summed E-state index contributed by atoms with van der Waals surface area (Å²) in [7, 11) is 0. The summed E-state index contributed by atoms with van der Waals surface area (Å²) < 4.78 is 0. The van der Waals surface area contributed by atoms with Gasteiger partial charge in [-0.1, -0.05) is 23.8 Å². The lowest BCUT2D eigenvalue weighted by atomic mass is 9.94. The molecule has 0 aliphatic rings. The van der Waals surface area contributed by atoms with Crippen molar-refractivity contribution in [2.24, 2.45) is 0 Å². The van der Waals surface area contributed by atoms with Gasteiger partial charge in [-0.15, -0.1) is 11.3 Å². The molecule has 1 heterocycles. The molecule has 0 bridgehead atoms. The molecule has 1 aromatic carbocycles. The number of aliphatic hydroxyl groups is 1. The minimum Gasteiger partial charge on any atom is -0.392 e. The second-order valence-corrected chi connectivity index (χ2v) is 6.05. The van der Waals surface area contributed by atoms with Gasteiger partial charge in [0.1, 0.15) is 0 Å². The molecule has 0 amide bonds. The van der Waals surface area contributed by atoms with E-state index < -0.39 is 0 Å². The standard InChI is InChI=1S/C16H20OS/c1-11-7-12(2)16(13(3)8-11)10-14(17)9-15-5-4-6-18-15/h4-8,14,17H,9-10H2,1-3H3. The first-order chi connectivity index (χ1) is 8.56. The van der Waals surface area contributed by atoms with Crippen LogP contribution in [0, 0.1) is 20.8 Å². The van der Waals surface area contributed by atoms with E-state index in [1.54, 1.807) is 11.3 Å². The second kappa shape index (κ2) is 5.68. The number of hydrogen-bond acceptors (Lipinski definition) is 2. The Bertz CT molecular complexity index is 491. The summed E-state index contributed by atoms with van der Waals surface area (Å²) in [5.74, 6) is 0. The summed E-state index contributed by atoms with van der Waals surface area (Å²) in [4.78, 5) is 1.25. The zero-order chi connectivity index (χ0) is 13.1. The lowest BCUT2D eigenvalue weighted by Crippen LogP contribution is -2.15. The van der Waals surface area contributed by atoms with E-state index in [1.165, 1.54) is 27.1 Å². The fourth-order valence-corrected chi connectivity index (χ4v) is 3.28. The summed E-state index contributed by atoms with van der Waals surface area (Å²) in [5.41, 5.74) is 5.17. The van der Waals surface area contributed by atoms with Gasteiger partial charge < -0.3 is 5.11 Å². The average Bonchev–Trinajstić information content (AvgIpc) is 2.76. The van der Waals surface area contributed by atoms with Crippen molar-refractivity contribution < 1.29 is 5.11 Å². The SMILES string of the molecule is Cc1cc(C)c(CC(O)Cc2cccs2)c(C)c1. The minimum atomic E-state index is -0.288. The summed E-state index contributed by atoms with van der Waals surface area (Å²) >= 11 is 1.71. The minimum absolute atomic E-state index is 0.288. The van der Waals surface area contributed by atoms with Crippen LogP contribution in [-0.2, 0) is 12.8 Å². The molecule has 0 aliphatic heterocycles. The highest BCUT2D eigenvalue weighted by molar-refractivity contribution is 7.09. The molecule has 0 radical (unpaired) electrons. The number of thiophene rings is 1. The van der Waals surface area contributed by atoms with E-state index in [0.717, 1.165) is 12.8 Å². The monoisotopic (exact) mass is 260 g/mol. The molecule has 0 spiro atoms.